The molecule has 0 aromatic heterocycles. The maximum Gasteiger partial charge on any atom is 0.0728 e. The summed E-state index contributed by atoms with van der Waals surface area (Å²) in [5, 5.41) is 0. The van der Waals surface area contributed by atoms with E-state index in [1.807, 2.05) is 13.0 Å². The van der Waals surface area contributed by atoms with Gasteiger partial charge in [-0.2, -0.15) is 0 Å². The Bertz CT molecular complexity index is 299. The molecule has 3 heteroatoms. The molecule has 2 rings (SSSR count). The molecule has 1 atom stereocenters. The molecule has 1 heterocycles. The molecular formula is C10H14ClNO. The summed E-state index contributed by atoms with van der Waals surface area (Å²) in [4.78, 5) is 0. The van der Waals surface area contributed by atoms with Crippen molar-refractivity contribution in [2.45, 2.75) is 26.2 Å². The summed E-state index contributed by atoms with van der Waals surface area (Å²) < 4.78 is 5.35. The van der Waals surface area contributed by atoms with Crippen LogP contribution in [0.4, 0.5) is 0 Å². The number of hydrogen-bond acceptors (Lipinski definition) is 2. The van der Waals surface area contributed by atoms with Gasteiger partial charge in [-0.25, -0.2) is 0 Å². The molecule has 1 aliphatic heterocycles. The third-order valence-corrected chi connectivity index (χ3v) is 2.30. The fourth-order valence-corrected chi connectivity index (χ4v) is 1.66. The van der Waals surface area contributed by atoms with Crippen LogP contribution in [0.25, 0.3) is 0 Å². The van der Waals surface area contributed by atoms with Crippen molar-refractivity contribution in [2.75, 3.05) is 0 Å². The van der Waals surface area contributed by atoms with Gasteiger partial charge in [-0.05, 0) is 23.6 Å². The molecule has 0 radical (unpaired) electrons. The van der Waals surface area contributed by atoms with Gasteiger partial charge in [0.15, 0.2) is 0 Å². The average Bonchev–Trinajstić information content (AvgIpc) is 2.49. The van der Waals surface area contributed by atoms with Crippen LogP contribution in [0.5, 0.6) is 0 Å². The van der Waals surface area contributed by atoms with E-state index in [4.69, 9.17) is 10.5 Å². The van der Waals surface area contributed by atoms with Crippen LogP contribution in [-0.4, -0.2) is 0 Å². The zero-order valence-electron chi connectivity index (χ0n) is 7.62. The second kappa shape index (κ2) is 4.09. The van der Waals surface area contributed by atoms with Crippen molar-refractivity contribution < 1.29 is 4.74 Å². The Labute approximate surface area is 84.5 Å². The summed E-state index contributed by atoms with van der Waals surface area (Å²) in [6, 6.07) is 6.35. The predicted octanol–water partition coefficient (Wildman–Crippen LogP) is 2.16. The van der Waals surface area contributed by atoms with Crippen LogP contribution in [0.2, 0.25) is 0 Å². The zero-order valence-corrected chi connectivity index (χ0v) is 8.43. The highest BCUT2D eigenvalue weighted by Gasteiger charge is 2.15. The Balaban J connectivity index is 0.000000845. The van der Waals surface area contributed by atoms with Gasteiger partial charge in [-0.1, -0.05) is 18.2 Å². The monoisotopic (exact) mass is 199 g/mol. The molecule has 0 bridgehead atoms. The minimum atomic E-state index is 0. The number of nitrogens with two attached hydrogens (primary N) is 1. The Morgan fingerprint density at radius 1 is 1.38 bits per heavy atom. The van der Waals surface area contributed by atoms with Crippen molar-refractivity contribution >= 4 is 12.4 Å². The molecule has 0 unspecified atom stereocenters. The normalized spacial score (nSPS) is 16.2. The summed E-state index contributed by atoms with van der Waals surface area (Å²) in [5.41, 5.74) is 9.65. The van der Waals surface area contributed by atoms with Crippen LogP contribution in [0.3, 0.4) is 0 Å². The number of fused-ring (bicyclic) bond motifs is 1. The van der Waals surface area contributed by atoms with Crippen molar-refractivity contribution in [2.24, 2.45) is 5.73 Å². The Morgan fingerprint density at radius 3 is 2.85 bits per heavy atom. The minimum absolute atomic E-state index is 0. The summed E-state index contributed by atoms with van der Waals surface area (Å²) >= 11 is 0. The maximum atomic E-state index is 5.83. The van der Waals surface area contributed by atoms with Crippen molar-refractivity contribution in [3.05, 3.63) is 34.9 Å². The van der Waals surface area contributed by atoms with Crippen LogP contribution >= 0.6 is 12.4 Å². The standard InChI is InChI=1S/C10H13NO.ClH/c1-7(11)9-4-2-3-8-5-12-6-10(8)9;/h2-4,7H,5-6,11H2,1H3;1H/t7-;/m0./s1. The van der Waals surface area contributed by atoms with Gasteiger partial charge < -0.3 is 10.5 Å². The second-order valence-electron chi connectivity index (χ2n) is 3.27. The lowest BCUT2D eigenvalue weighted by Crippen LogP contribution is -2.07. The molecule has 1 aromatic rings. The molecule has 0 aliphatic carbocycles. The number of hydrogen-bond donors (Lipinski definition) is 1. The average molecular weight is 200 g/mol. The summed E-state index contributed by atoms with van der Waals surface area (Å²) in [7, 11) is 0. The largest absolute Gasteiger partial charge is 0.372 e. The molecule has 0 fully saturated rings. The van der Waals surface area contributed by atoms with Gasteiger partial charge in [0.1, 0.15) is 0 Å². The fourth-order valence-electron chi connectivity index (χ4n) is 1.66. The highest BCUT2D eigenvalue weighted by atomic mass is 35.5. The Hall–Kier alpha value is -0.570. The molecular weight excluding hydrogens is 186 g/mol. The van der Waals surface area contributed by atoms with E-state index in [1.54, 1.807) is 0 Å². The number of ether oxygens (including phenoxy) is 1. The molecule has 2 N–H and O–H groups in total. The van der Waals surface area contributed by atoms with Gasteiger partial charge in [-0.15, -0.1) is 12.4 Å². The second-order valence-corrected chi connectivity index (χ2v) is 3.27. The molecule has 0 amide bonds. The first-order chi connectivity index (χ1) is 5.79. The lowest BCUT2D eigenvalue weighted by molar-refractivity contribution is 0.134. The van der Waals surface area contributed by atoms with E-state index in [9.17, 15) is 0 Å². The fraction of sp³-hybridized carbons (Fsp3) is 0.400. The number of rotatable bonds is 1. The van der Waals surface area contributed by atoms with E-state index >= 15 is 0 Å². The molecule has 0 saturated heterocycles. The Morgan fingerprint density at radius 2 is 2.15 bits per heavy atom. The molecule has 13 heavy (non-hydrogen) atoms. The molecule has 0 saturated carbocycles. The zero-order chi connectivity index (χ0) is 8.55. The van der Waals surface area contributed by atoms with E-state index in [1.165, 1.54) is 16.7 Å². The maximum absolute atomic E-state index is 5.83. The van der Waals surface area contributed by atoms with Gasteiger partial charge in [0.05, 0.1) is 13.2 Å². The SMILES string of the molecule is C[C@H](N)c1cccc2c1COC2.Cl. The van der Waals surface area contributed by atoms with Gasteiger partial charge in [0.25, 0.3) is 0 Å². The molecule has 72 valence electrons. The first-order valence-corrected chi connectivity index (χ1v) is 4.23. The lowest BCUT2D eigenvalue weighted by atomic mass is 9.99. The predicted molar refractivity (Wildman–Crippen MR) is 54.8 cm³/mol. The van der Waals surface area contributed by atoms with Gasteiger partial charge >= 0.3 is 0 Å². The number of halogens is 1. The molecule has 1 aromatic carbocycles. The number of benzene rings is 1. The van der Waals surface area contributed by atoms with Crippen molar-refractivity contribution in [1.82, 2.24) is 0 Å². The highest BCUT2D eigenvalue weighted by Crippen LogP contribution is 2.26. The third-order valence-electron chi connectivity index (χ3n) is 2.30. The lowest BCUT2D eigenvalue weighted by Gasteiger charge is -2.09. The van der Waals surface area contributed by atoms with E-state index in [0.29, 0.717) is 0 Å². The van der Waals surface area contributed by atoms with E-state index in [2.05, 4.69) is 12.1 Å². The smallest absolute Gasteiger partial charge is 0.0728 e. The van der Waals surface area contributed by atoms with Crippen LogP contribution in [0.15, 0.2) is 18.2 Å². The van der Waals surface area contributed by atoms with E-state index < -0.39 is 0 Å². The van der Waals surface area contributed by atoms with E-state index in [0.717, 1.165) is 13.2 Å². The van der Waals surface area contributed by atoms with Crippen LogP contribution in [0, 0.1) is 0 Å². The van der Waals surface area contributed by atoms with Crippen molar-refractivity contribution in [3.8, 4) is 0 Å². The third kappa shape index (κ3) is 1.85. The summed E-state index contributed by atoms with van der Waals surface area (Å²) in [6.07, 6.45) is 0. The molecule has 0 spiro atoms. The highest BCUT2D eigenvalue weighted by molar-refractivity contribution is 5.85. The molecule has 1 aliphatic rings. The van der Waals surface area contributed by atoms with Crippen molar-refractivity contribution in [3.63, 3.8) is 0 Å². The van der Waals surface area contributed by atoms with Gasteiger partial charge in [-0.3, -0.25) is 0 Å². The topological polar surface area (TPSA) is 35.2 Å². The first kappa shape index (κ1) is 10.5. The van der Waals surface area contributed by atoms with E-state index in [-0.39, 0.29) is 18.4 Å². The summed E-state index contributed by atoms with van der Waals surface area (Å²) in [6.45, 7) is 3.48. The minimum Gasteiger partial charge on any atom is -0.372 e. The Kier molecular flexibility index (Phi) is 3.31. The van der Waals surface area contributed by atoms with Crippen molar-refractivity contribution in [1.29, 1.82) is 0 Å². The summed E-state index contributed by atoms with van der Waals surface area (Å²) in [5.74, 6) is 0. The quantitative estimate of drug-likeness (QED) is 0.753. The first-order valence-electron chi connectivity index (χ1n) is 4.23. The van der Waals surface area contributed by atoms with Crippen LogP contribution in [0.1, 0.15) is 29.7 Å². The van der Waals surface area contributed by atoms with Crippen LogP contribution in [-0.2, 0) is 18.0 Å². The van der Waals surface area contributed by atoms with Gasteiger partial charge in [0, 0.05) is 6.04 Å². The van der Waals surface area contributed by atoms with Crippen LogP contribution < -0.4 is 5.73 Å². The molecule has 2 nitrogen and oxygen atoms in total. The van der Waals surface area contributed by atoms with Gasteiger partial charge in [0.2, 0.25) is 0 Å².